The molecule has 0 unspecified atom stereocenters. The Morgan fingerprint density at radius 1 is 1.02 bits per heavy atom. The Balaban J connectivity index is 0.000000282. The lowest BCUT2D eigenvalue weighted by Crippen LogP contribution is -2.34. The van der Waals surface area contributed by atoms with E-state index in [0.717, 1.165) is 52.6 Å². The van der Waals surface area contributed by atoms with Crippen LogP contribution in [0.1, 0.15) is 37.8 Å². The van der Waals surface area contributed by atoms with E-state index in [1.807, 2.05) is 92.7 Å². The van der Waals surface area contributed by atoms with Crippen molar-refractivity contribution in [1.29, 1.82) is 0 Å². The number of piperidine rings is 1. The normalized spacial score (nSPS) is 15.4. The highest BCUT2D eigenvalue weighted by Gasteiger charge is 2.16. The van der Waals surface area contributed by atoms with Crippen LogP contribution < -0.4 is 10.1 Å². The van der Waals surface area contributed by atoms with Gasteiger partial charge in [-0.15, -0.1) is 0 Å². The largest absolute Gasteiger partial charge is 0.507 e. The number of nitrogens with one attached hydrogen (secondary N) is 1. The molecule has 4 rings (SSSR count). The van der Waals surface area contributed by atoms with E-state index in [1.54, 1.807) is 25.4 Å². The fourth-order valence-corrected chi connectivity index (χ4v) is 4.75. The molecule has 226 valence electrons. The number of aliphatic imine (C=N–C) groups is 2. The number of likely N-dealkylation sites (tertiary alicyclic amines) is 1. The van der Waals surface area contributed by atoms with Gasteiger partial charge >= 0.3 is 0 Å². The Hall–Kier alpha value is -3.94. The Morgan fingerprint density at radius 2 is 1.70 bits per heavy atom. The highest BCUT2D eigenvalue weighted by Crippen LogP contribution is 2.23. The predicted molar refractivity (Wildman–Crippen MR) is 186 cm³/mol. The van der Waals surface area contributed by atoms with E-state index in [0.29, 0.717) is 17.2 Å². The number of hydrogen-bond donors (Lipinski definition) is 2. The van der Waals surface area contributed by atoms with E-state index in [1.165, 1.54) is 12.8 Å². The van der Waals surface area contributed by atoms with Crippen LogP contribution in [0.5, 0.6) is 17.2 Å². The summed E-state index contributed by atoms with van der Waals surface area (Å²) in [4.78, 5) is 11.2. The number of nitrogens with zero attached hydrogens (tertiary/aromatic N) is 3. The highest BCUT2D eigenvalue weighted by atomic mass is 79.9. The molecule has 1 aliphatic rings. The summed E-state index contributed by atoms with van der Waals surface area (Å²) in [5.41, 5.74) is 4.31. The minimum Gasteiger partial charge on any atom is -0.507 e. The minimum atomic E-state index is 0.216. The van der Waals surface area contributed by atoms with E-state index in [9.17, 15) is 5.11 Å². The molecule has 0 amide bonds. The number of phenolic OH excluding ortho intramolecular Hbond substituents is 1. The van der Waals surface area contributed by atoms with Gasteiger partial charge in [-0.05, 0) is 117 Å². The van der Waals surface area contributed by atoms with Gasteiger partial charge in [0.05, 0.1) is 15.9 Å². The molecule has 0 aromatic heterocycles. The van der Waals surface area contributed by atoms with Gasteiger partial charge in [0.25, 0.3) is 0 Å². The number of halogens is 1. The van der Waals surface area contributed by atoms with Gasteiger partial charge in [0.2, 0.25) is 0 Å². The summed E-state index contributed by atoms with van der Waals surface area (Å²) >= 11 is 3.50. The quantitative estimate of drug-likeness (QED) is 0.218. The molecule has 3 aromatic rings. The second-order valence-corrected chi connectivity index (χ2v) is 11.3. The summed E-state index contributed by atoms with van der Waals surface area (Å²) in [7, 11) is 3.90. The molecular formula is C36H43BrN4O2. The van der Waals surface area contributed by atoms with Crippen molar-refractivity contribution in [1.82, 2.24) is 10.2 Å². The molecule has 0 atom stereocenters. The van der Waals surface area contributed by atoms with Crippen LogP contribution in [-0.4, -0.2) is 55.7 Å². The summed E-state index contributed by atoms with van der Waals surface area (Å²) in [6, 6.07) is 24.8. The average Bonchev–Trinajstić information content (AvgIpc) is 3.02. The zero-order valence-corrected chi connectivity index (χ0v) is 27.2. The first-order valence-electron chi connectivity index (χ1n) is 14.5. The summed E-state index contributed by atoms with van der Waals surface area (Å²) in [5.74, 6) is 2.59. The van der Waals surface area contributed by atoms with Gasteiger partial charge in [0.1, 0.15) is 17.2 Å². The van der Waals surface area contributed by atoms with Crippen LogP contribution in [0, 0.1) is 5.92 Å². The Morgan fingerprint density at radius 3 is 2.37 bits per heavy atom. The maximum atomic E-state index is 10.3. The number of rotatable bonds is 10. The van der Waals surface area contributed by atoms with Crippen LogP contribution in [0.2, 0.25) is 0 Å². The first-order chi connectivity index (χ1) is 20.8. The molecular weight excluding hydrogens is 600 g/mol. The Kier molecular flexibility index (Phi) is 14.0. The zero-order valence-electron chi connectivity index (χ0n) is 25.6. The van der Waals surface area contributed by atoms with Crippen molar-refractivity contribution in [2.75, 3.05) is 33.7 Å². The number of aromatic hydroxyl groups is 1. The molecule has 1 fully saturated rings. The second kappa shape index (κ2) is 17.9. The number of benzene rings is 3. The maximum absolute atomic E-state index is 10.3. The number of allylic oxidation sites excluding steroid dienone is 4. The van der Waals surface area contributed by atoms with E-state index in [2.05, 4.69) is 44.8 Å². The Bertz CT molecular complexity index is 1440. The molecule has 1 aliphatic heterocycles. The standard InChI is InChI=1S/C22H31BrN4O.C14H12O/c1-16(25-14-18-9-11-27(4)12-10-18)13-21(19-7-5-6-8-22(19)28)26-17(2)20(23)15-24-3;1-2-12-7-6-10-14(11-12)15-13-8-4-3-5-9-13/h5-8,13,15,18,25,28H,9-12,14H2,1-4H3;2-11H,1H2/b16-13+,20-17-,24-15?,26-21+;. The molecule has 0 bridgehead atoms. The van der Waals surface area contributed by atoms with Crippen molar-refractivity contribution in [2.24, 2.45) is 15.9 Å². The van der Waals surface area contributed by atoms with Gasteiger partial charge in [-0.2, -0.15) is 0 Å². The molecule has 6 nitrogen and oxygen atoms in total. The number of hydrogen-bond acceptors (Lipinski definition) is 6. The van der Waals surface area contributed by atoms with Gasteiger partial charge in [-0.3, -0.25) is 9.98 Å². The van der Waals surface area contributed by atoms with E-state index in [4.69, 9.17) is 9.73 Å². The maximum Gasteiger partial charge on any atom is 0.128 e. The van der Waals surface area contributed by atoms with Crippen molar-refractivity contribution in [3.8, 4) is 17.2 Å². The first-order valence-corrected chi connectivity index (χ1v) is 15.3. The van der Waals surface area contributed by atoms with Gasteiger partial charge in [-0.1, -0.05) is 55.1 Å². The molecule has 0 spiro atoms. The highest BCUT2D eigenvalue weighted by molar-refractivity contribution is 9.12. The molecule has 3 aromatic carbocycles. The molecule has 0 saturated carbocycles. The number of para-hydroxylation sites is 2. The molecule has 0 aliphatic carbocycles. The molecule has 1 heterocycles. The summed E-state index contributed by atoms with van der Waals surface area (Å²) in [6.07, 6.45) is 7.97. The van der Waals surface area contributed by atoms with Crippen molar-refractivity contribution in [3.63, 3.8) is 0 Å². The van der Waals surface area contributed by atoms with Crippen LogP contribution in [0.4, 0.5) is 0 Å². The van der Waals surface area contributed by atoms with Crippen LogP contribution in [0.3, 0.4) is 0 Å². The first kappa shape index (κ1) is 33.6. The van der Waals surface area contributed by atoms with Gasteiger partial charge < -0.3 is 20.1 Å². The SMILES string of the molecule is C=Cc1cccc(Oc2ccccc2)c1.CN=C/C(Br)=C(C)/N=C(\C=C(/C)NCC1CCN(C)CC1)c1ccccc1O. The lowest BCUT2D eigenvalue weighted by Gasteiger charge is -2.29. The molecule has 2 N–H and O–H groups in total. The molecule has 0 radical (unpaired) electrons. The lowest BCUT2D eigenvalue weighted by molar-refractivity contribution is 0.218. The van der Waals surface area contributed by atoms with Gasteiger partial charge in [0.15, 0.2) is 0 Å². The van der Waals surface area contributed by atoms with Gasteiger partial charge in [-0.25, -0.2) is 0 Å². The second-order valence-electron chi connectivity index (χ2n) is 10.5. The predicted octanol–water partition coefficient (Wildman–Crippen LogP) is 8.47. The number of ether oxygens (including phenoxy) is 1. The van der Waals surface area contributed by atoms with Crippen LogP contribution in [-0.2, 0) is 0 Å². The van der Waals surface area contributed by atoms with E-state index < -0.39 is 0 Å². The summed E-state index contributed by atoms with van der Waals surface area (Å²) < 4.78 is 6.49. The fraction of sp³-hybridized carbons (Fsp3) is 0.278. The zero-order chi connectivity index (χ0) is 31.0. The summed E-state index contributed by atoms with van der Waals surface area (Å²) in [6.45, 7) is 11.0. The monoisotopic (exact) mass is 642 g/mol. The smallest absolute Gasteiger partial charge is 0.128 e. The average molecular weight is 644 g/mol. The number of phenols is 1. The summed E-state index contributed by atoms with van der Waals surface area (Å²) in [5, 5.41) is 13.9. The van der Waals surface area contributed by atoms with Crippen molar-refractivity contribution < 1.29 is 9.84 Å². The molecule has 1 saturated heterocycles. The lowest BCUT2D eigenvalue weighted by atomic mass is 9.97. The minimum absolute atomic E-state index is 0.216. The van der Waals surface area contributed by atoms with Crippen molar-refractivity contribution in [3.05, 3.63) is 119 Å². The van der Waals surface area contributed by atoms with E-state index >= 15 is 0 Å². The third kappa shape index (κ3) is 11.7. The van der Waals surface area contributed by atoms with Crippen molar-refractivity contribution >= 4 is 33.9 Å². The molecule has 7 heteroatoms. The van der Waals surface area contributed by atoms with Crippen molar-refractivity contribution in [2.45, 2.75) is 26.7 Å². The van der Waals surface area contributed by atoms with Crippen LogP contribution >= 0.6 is 15.9 Å². The van der Waals surface area contributed by atoms with Crippen LogP contribution in [0.15, 0.2) is 117 Å². The van der Waals surface area contributed by atoms with Gasteiger partial charge in [0, 0.05) is 31.1 Å². The topological polar surface area (TPSA) is 69.5 Å². The van der Waals surface area contributed by atoms with E-state index in [-0.39, 0.29) is 5.75 Å². The van der Waals surface area contributed by atoms with Crippen LogP contribution in [0.25, 0.3) is 6.08 Å². The molecule has 43 heavy (non-hydrogen) atoms. The fourth-order valence-electron chi connectivity index (χ4n) is 4.46. The third-order valence-corrected chi connectivity index (χ3v) is 7.77. The Labute approximate surface area is 265 Å². The third-order valence-electron chi connectivity index (χ3n) is 6.99.